The van der Waals surface area contributed by atoms with Crippen molar-refractivity contribution in [3.05, 3.63) is 33.1 Å². The summed E-state index contributed by atoms with van der Waals surface area (Å²) < 4.78 is 1.29. The molecule has 2 nitrogen and oxygen atoms in total. The molecule has 0 N–H and O–H groups in total. The van der Waals surface area contributed by atoms with Crippen LogP contribution in [0.2, 0.25) is 0 Å². The Morgan fingerprint density at radius 2 is 2.31 bits per heavy atom. The highest BCUT2D eigenvalue weighted by Gasteiger charge is 1.92. The summed E-state index contributed by atoms with van der Waals surface area (Å²) in [6.07, 6.45) is 6.44. The molecule has 1 rings (SSSR count). The monoisotopic (exact) mass is 195 g/mol. The molecule has 70 valence electrons. The zero-order valence-electron chi connectivity index (χ0n) is 7.82. The fraction of sp³-hybridized carbons (Fsp3) is 0.300. The predicted molar refractivity (Wildman–Crippen MR) is 59.2 cm³/mol. The summed E-state index contributed by atoms with van der Waals surface area (Å²) in [4.78, 5) is 11.5. The maximum Gasteiger partial charge on any atom is 0.267 e. The molecule has 3 heteroatoms. The van der Waals surface area contributed by atoms with Gasteiger partial charge in [-0.05, 0) is 24.6 Å². The number of hydrogen-bond acceptors (Lipinski definition) is 2. The molecule has 0 unspecified atom stereocenters. The maximum absolute atomic E-state index is 11.5. The highest BCUT2D eigenvalue weighted by atomic mass is 32.1. The summed E-state index contributed by atoms with van der Waals surface area (Å²) in [6.45, 7) is 3.91. The minimum absolute atomic E-state index is 0.0620. The number of nitrogens with zero attached hydrogens (tertiary/aromatic N) is 1. The second-order valence-electron chi connectivity index (χ2n) is 2.74. The van der Waals surface area contributed by atoms with E-state index in [1.165, 1.54) is 3.97 Å². The number of rotatable bonds is 1. The lowest BCUT2D eigenvalue weighted by atomic mass is 10.2. The summed E-state index contributed by atoms with van der Waals surface area (Å²) in [5.41, 5.74) is -0.0620. The molecule has 0 spiro atoms. The van der Waals surface area contributed by atoms with Crippen molar-refractivity contribution < 1.29 is 0 Å². The van der Waals surface area contributed by atoms with Gasteiger partial charge in [-0.1, -0.05) is 31.9 Å². The van der Waals surface area contributed by atoms with Crippen molar-refractivity contribution in [2.24, 2.45) is 0 Å². The number of thiol groups is 1. The van der Waals surface area contributed by atoms with Gasteiger partial charge < -0.3 is 0 Å². The normalized spacial score (nSPS) is 13.8. The van der Waals surface area contributed by atoms with E-state index < -0.39 is 0 Å². The van der Waals surface area contributed by atoms with Crippen molar-refractivity contribution in [2.75, 3.05) is 0 Å². The van der Waals surface area contributed by atoms with E-state index in [4.69, 9.17) is 0 Å². The van der Waals surface area contributed by atoms with Gasteiger partial charge in [0, 0.05) is 11.4 Å². The Morgan fingerprint density at radius 3 is 2.85 bits per heavy atom. The van der Waals surface area contributed by atoms with Crippen molar-refractivity contribution in [3.63, 3.8) is 0 Å². The van der Waals surface area contributed by atoms with Gasteiger partial charge in [-0.3, -0.25) is 8.77 Å². The molecule has 0 aliphatic heterocycles. The largest absolute Gasteiger partial charge is 0.268 e. The topological polar surface area (TPSA) is 22.0 Å². The first kappa shape index (κ1) is 10.1. The van der Waals surface area contributed by atoms with Crippen LogP contribution in [-0.4, -0.2) is 3.97 Å². The molecular formula is C10H13NOS. The Bertz CT molecular complexity index is 459. The third kappa shape index (κ3) is 2.04. The van der Waals surface area contributed by atoms with E-state index in [1.807, 2.05) is 32.1 Å². The van der Waals surface area contributed by atoms with Gasteiger partial charge >= 0.3 is 0 Å². The Kier molecular flexibility index (Phi) is 3.37. The van der Waals surface area contributed by atoms with Crippen LogP contribution in [0.5, 0.6) is 0 Å². The van der Waals surface area contributed by atoms with Crippen molar-refractivity contribution in [1.82, 2.24) is 3.97 Å². The summed E-state index contributed by atoms with van der Waals surface area (Å²) in [6, 6.07) is 1.90. The van der Waals surface area contributed by atoms with E-state index >= 15 is 0 Å². The zero-order valence-corrected chi connectivity index (χ0v) is 8.71. The van der Waals surface area contributed by atoms with Gasteiger partial charge in [-0.2, -0.15) is 0 Å². The third-order valence-corrected chi connectivity index (χ3v) is 2.17. The van der Waals surface area contributed by atoms with E-state index in [2.05, 4.69) is 12.8 Å². The molecule has 0 atom stereocenters. The molecule has 13 heavy (non-hydrogen) atoms. The first-order valence-electron chi connectivity index (χ1n) is 4.28. The molecule has 0 saturated heterocycles. The minimum Gasteiger partial charge on any atom is -0.268 e. The highest BCUT2D eigenvalue weighted by molar-refractivity contribution is 7.78. The van der Waals surface area contributed by atoms with E-state index in [0.29, 0.717) is 0 Å². The van der Waals surface area contributed by atoms with Crippen molar-refractivity contribution in [2.45, 2.75) is 20.3 Å². The second kappa shape index (κ2) is 4.33. The minimum atomic E-state index is -0.0620. The Morgan fingerprint density at radius 1 is 1.62 bits per heavy atom. The Hall–Kier alpha value is -0.960. The van der Waals surface area contributed by atoms with E-state index in [0.717, 1.165) is 16.9 Å². The van der Waals surface area contributed by atoms with Gasteiger partial charge in [0.2, 0.25) is 0 Å². The summed E-state index contributed by atoms with van der Waals surface area (Å²) >= 11 is 4.01. The fourth-order valence-corrected chi connectivity index (χ4v) is 1.42. The van der Waals surface area contributed by atoms with Crippen LogP contribution in [0.4, 0.5) is 0 Å². The predicted octanol–water partition coefficient (Wildman–Crippen LogP) is 0.532. The van der Waals surface area contributed by atoms with Crippen LogP contribution in [-0.2, 0) is 0 Å². The van der Waals surface area contributed by atoms with E-state index in [1.54, 1.807) is 6.20 Å². The average molecular weight is 195 g/mol. The molecule has 0 fully saturated rings. The standard InChI is InChI=1S/C10H13NOS/c1-3-5-8-6-7-11(13)10(12)9(8)4-2/h4-7,13H,3H2,1-2H3/b8-5-,9-4+. The number of aromatic nitrogens is 1. The van der Waals surface area contributed by atoms with Crippen molar-refractivity contribution >= 4 is 25.0 Å². The summed E-state index contributed by atoms with van der Waals surface area (Å²) in [7, 11) is 0. The highest BCUT2D eigenvalue weighted by Crippen LogP contribution is 1.77. The van der Waals surface area contributed by atoms with Crippen LogP contribution in [0.1, 0.15) is 20.3 Å². The Labute approximate surface area is 82.8 Å². The number of hydrogen-bond donors (Lipinski definition) is 1. The molecule has 0 radical (unpaired) electrons. The van der Waals surface area contributed by atoms with Gasteiger partial charge in [0.05, 0.1) is 0 Å². The first-order chi connectivity index (χ1) is 6.20. The zero-order chi connectivity index (χ0) is 9.84. The smallest absolute Gasteiger partial charge is 0.267 e. The SMILES string of the molecule is C/C=c1/c(=O)n(S)cc/c1=C/CC. The lowest BCUT2D eigenvalue weighted by Crippen LogP contribution is -2.42. The van der Waals surface area contributed by atoms with E-state index in [-0.39, 0.29) is 5.56 Å². The molecule has 0 amide bonds. The van der Waals surface area contributed by atoms with Gasteiger partial charge in [0.25, 0.3) is 5.56 Å². The molecule has 0 aliphatic carbocycles. The van der Waals surface area contributed by atoms with E-state index in [9.17, 15) is 4.79 Å². The maximum atomic E-state index is 11.5. The fourth-order valence-electron chi connectivity index (χ4n) is 1.24. The molecule has 0 aliphatic rings. The lowest BCUT2D eigenvalue weighted by molar-refractivity contribution is 1.11. The molecule has 0 saturated carbocycles. The molecule has 1 heterocycles. The average Bonchev–Trinajstić information content (AvgIpc) is 2.12. The lowest BCUT2D eigenvalue weighted by Gasteiger charge is -1.94. The Balaban J connectivity index is 3.70. The molecule has 1 aromatic rings. The van der Waals surface area contributed by atoms with Crippen LogP contribution < -0.4 is 16.0 Å². The van der Waals surface area contributed by atoms with Crippen LogP contribution in [0.25, 0.3) is 12.2 Å². The van der Waals surface area contributed by atoms with Gasteiger partial charge in [-0.25, -0.2) is 0 Å². The molecule has 0 aromatic carbocycles. The van der Waals surface area contributed by atoms with Crippen LogP contribution in [0.3, 0.4) is 0 Å². The second-order valence-corrected chi connectivity index (χ2v) is 3.17. The van der Waals surface area contributed by atoms with Crippen LogP contribution in [0, 0.1) is 0 Å². The van der Waals surface area contributed by atoms with Crippen molar-refractivity contribution in [3.8, 4) is 0 Å². The third-order valence-electron chi connectivity index (χ3n) is 1.86. The first-order valence-corrected chi connectivity index (χ1v) is 4.68. The molecule has 0 bridgehead atoms. The van der Waals surface area contributed by atoms with Crippen LogP contribution in [0.15, 0.2) is 17.1 Å². The quantitative estimate of drug-likeness (QED) is 0.649. The summed E-state index contributed by atoms with van der Waals surface area (Å²) in [5, 5.41) is 1.71. The van der Waals surface area contributed by atoms with Gasteiger partial charge in [0.15, 0.2) is 0 Å². The van der Waals surface area contributed by atoms with Gasteiger partial charge in [-0.15, -0.1) is 0 Å². The van der Waals surface area contributed by atoms with Crippen LogP contribution >= 0.6 is 12.8 Å². The summed E-state index contributed by atoms with van der Waals surface area (Å²) in [5.74, 6) is 0. The molecule has 1 aromatic heterocycles. The van der Waals surface area contributed by atoms with Gasteiger partial charge in [0.1, 0.15) is 0 Å². The molecular weight excluding hydrogens is 182 g/mol. The number of pyridine rings is 1. The van der Waals surface area contributed by atoms with Crippen molar-refractivity contribution in [1.29, 1.82) is 0 Å².